The molecule has 0 unspecified atom stereocenters. The van der Waals surface area contributed by atoms with Crippen molar-refractivity contribution < 1.29 is 13.2 Å². The van der Waals surface area contributed by atoms with Crippen molar-refractivity contribution in [3.05, 3.63) is 94.9 Å². The Bertz CT molecular complexity index is 1650. The van der Waals surface area contributed by atoms with Crippen LogP contribution in [-0.2, 0) is 6.54 Å². The average molecular weight is 536 g/mol. The quantitative estimate of drug-likeness (QED) is 0.256. The molecule has 0 saturated carbocycles. The van der Waals surface area contributed by atoms with Crippen molar-refractivity contribution in [1.29, 1.82) is 5.26 Å². The Hall–Kier alpha value is -4.76. The van der Waals surface area contributed by atoms with Gasteiger partial charge >= 0.3 is 0 Å². The number of halogens is 4. The predicted molar refractivity (Wildman–Crippen MR) is 135 cm³/mol. The minimum atomic E-state index is -1.24. The maximum Gasteiger partial charge on any atom is 0.249 e. The minimum Gasteiger partial charge on any atom is -0.373 e. The average Bonchev–Trinajstić information content (AvgIpc) is 3.38. The van der Waals surface area contributed by atoms with Crippen LogP contribution in [0.15, 0.2) is 61.3 Å². The van der Waals surface area contributed by atoms with Crippen LogP contribution in [-0.4, -0.2) is 36.6 Å². The van der Waals surface area contributed by atoms with Gasteiger partial charge in [-0.2, -0.15) is 9.65 Å². The zero-order valence-electron chi connectivity index (χ0n) is 19.4. The van der Waals surface area contributed by atoms with Crippen molar-refractivity contribution in [3.63, 3.8) is 0 Å². The molecule has 5 rings (SSSR count). The van der Waals surface area contributed by atoms with Gasteiger partial charge in [0.15, 0.2) is 5.82 Å². The third kappa shape index (κ3) is 5.05. The van der Waals surface area contributed by atoms with E-state index in [1.807, 2.05) is 12.1 Å². The number of aryl methyl sites for hydroxylation is 1. The number of anilines is 3. The van der Waals surface area contributed by atoms with Gasteiger partial charge in [-0.15, -0.1) is 5.10 Å². The molecule has 9 nitrogen and oxygen atoms in total. The lowest BCUT2D eigenvalue weighted by Crippen LogP contribution is -2.13. The molecule has 2 N–H and O–H groups in total. The van der Waals surface area contributed by atoms with Crippen molar-refractivity contribution in [1.82, 2.24) is 29.9 Å². The summed E-state index contributed by atoms with van der Waals surface area (Å²) in [5.41, 5.74) is 2.72. The Labute approximate surface area is 218 Å². The van der Waals surface area contributed by atoms with Gasteiger partial charge in [0.1, 0.15) is 18.4 Å². The maximum atomic E-state index is 13.8. The maximum absolute atomic E-state index is 13.8. The molecule has 1 atom stereocenters. The molecule has 0 bridgehead atoms. The van der Waals surface area contributed by atoms with Gasteiger partial charge in [-0.05, 0) is 23.8 Å². The summed E-state index contributed by atoms with van der Waals surface area (Å²) in [6, 6.07) is 9.41. The van der Waals surface area contributed by atoms with Crippen LogP contribution in [0.3, 0.4) is 0 Å². The number of fused-ring (bicyclic) bond motifs is 1. The van der Waals surface area contributed by atoms with Crippen molar-refractivity contribution in [2.75, 3.05) is 17.3 Å². The van der Waals surface area contributed by atoms with Crippen LogP contribution in [0.2, 0.25) is 5.02 Å². The Morgan fingerprint density at radius 2 is 1.97 bits per heavy atom. The van der Waals surface area contributed by atoms with Gasteiger partial charge in [-0.1, -0.05) is 22.9 Å². The highest BCUT2D eigenvalue weighted by atomic mass is 35.5. The Kier molecular flexibility index (Phi) is 7.01. The van der Waals surface area contributed by atoms with E-state index >= 15 is 0 Å². The fourth-order valence-electron chi connectivity index (χ4n) is 3.88. The fraction of sp³-hybridized carbons (Fsp3) is 0.120. The summed E-state index contributed by atoms with van der Waals surface area (Å²) in [4.78, 5) is 11.9. The molecule has 190 valence electrons. The first-order chi connectivity index (χ1) is 18.5. The molecule has 0 aliphatic carbocycles. The third-order valence-electron chi connectivity index (χ3n) is 5.61. The number of benzene rings is 1. The van der Waals surface area contributed by atoms with Gasteiger partial charge in [0, 0.05) is 35.7 Å². The zero-order chi connectivity index (χ0) is 26.6. The summed E-state index contributed by atoms with van der Waals surface area (Å²) in [5, 5.41) is 24.9. The minimum absolute atomic E-state index is 0.0606. The number of hydrogen-bond donors (Lipinski definition) is 2. The smallest absolute Gasteiger partial charge is 0.249 e. The number of nitriles is 1. The van der Waals surface area contributed by atoms with Gasteiger partial charge in [-0.3, -0.25) is 9.97 Å². The molecular formula is C25H17ClF3N9. The topological polar surface area (TPSA) is 117 Å². The summed E-state index contributed by atoms with van der Waals surface area (Å²) in [6.07, 6.45) is 7.36. The first-order valence-corrected chi connectivity index (χ1v) is 11.6. The summed E-state index contributed by atoms with van der Waals surface area (Å²) < 4.78 is 41.4. The van der Waals surface area contributed by atoms with Crippen molar-refractivity contribution in [3.8, 4) is 6.07 Å². The van der Waals surface area contributed by atoms with E-state index in [4.69, 9.17) is 11.6 Å². The Morgan fingerprint density at radius 3 is 2.71 bits per heavy atom. The van der Waals surface area contributed by atoms with Crippen LogP contribution in [0.4, 0.5) is 30.2 Å². The molecule has 0 spiro atoms. The van der Waals surface area contributed by atoms with Gasteiger partial charge < -0.3 is 10.6 Å². The molecular weight excluding hydrogens is 519 g/mol. The van der Waals surface area contributed by atoms with Crippen LogP contribution >= 0.6 is 11.6 Å². The van der Waals surface area contributed by atoms with Gasteiger partial charge in [-0.25, -0.2) is 18.4 Å². The molecule has 13 heteroatoms. The molecule has 0 aliphatic rings. The normalized spacial score (nSPS) is 11.8. The molecule has 38 heavy (non-hydrogen) atoms. The Balaban J connectivity index is 1.60. The Morgan fingerprint density at radius 1 is 1.11 bits per heavy atom. The van der Waals surface area contributed by atoms with Gasteiger partial charge in [0.25, 0.3) is 0 Å². The first kappa shape index (κ1) is 24.9. The lowest BCUT2D eigenvalue weighted by molar-refractivity contribution is 0.422. The summed E-state index contributed by atoms with van der Waals surface area (Å²) in [7, 11) is 0. The van der Waals surface area contributed by atoms with Crippen LogP contribution in [0.1, 0.15) is 22.9 Å². The third-order valence-corrected chi connectivity index (χ3v) is 5.89. The molecule has 0 aliphatic heterocycles. The number of aromatic nitrogens is 6. The number of hydrogen-bond acceptors (Lipinski definition) is 8. The monoisotopic (exact) mass is 535 g/mol. The SMILES string of the molecule is N#Cc1cnc2c(Cl)cc(N[C@@H](c3cccnc3)c3cn(CCF)nn3)cc2c1Nc1cnc(F)c(F)c1. The van der Waals surface area contributed by atoms with Crippen LogP contribution in [0.5, 0.6) is 0 Å². The molecule has 4 heterocycles. The van der Waals surface area contributed by atoms with Gasteiger partial charge in [0.2, 0.25) is 5.95 Å². The van der Waals surface area contributed by atoms with E-state index in [1.165, 1.54) is 10.9 Å². The summed E-state index contributed by atoms with van der Waals surface area (Å²) >= 11 is 6.58. The number of nitrogens with one attached hydrogen (secondary N) is 2. The molecule has 1 aromatic carbocycles. The van der Waals surface area contributed by atoms with Crippen LogP contribution in [0, 0.1) is 23.1 Å². The van der Waals surface area contributed by atoms with Crippen molar-refractivity contribution in [2.45, 2.75) is 12.6 Å². The highest BCUT2D eigenvalue weighted by molar-refractivity contribution is 6.36. The number of alkyl halides is 1. The molecule has 0 amide bonds. The van der Waals surface area contributed by atoms with E-state index in [0.29, 0.717) is 22.3 Å². The second-order valence-corrected chi connectivity index (χ2v) is 8.50. The standard InChI is InChI=1S/C25H17ClF3N9/c26-19-7-16(34-23(14-2-1-4-31-10-14)21-13-38(5-3-27)37-36-21)6-18-22(15(9-30)11-32-24(18)19)35-17-8-20(28)25(29)33-12-17/h1-2,4,6-8,10-13,23,34H,3,5H2,(H,32,35)/t23-/m0/s1. The van der Waals surface area contributed by atoms with E-state index in [-0.39, 0.29) is 28.5 Å². The van der Waals surface area contributed by atoms with E-state index in [9.17, 15) is 18.4 Å². The largest absolute Gasteiger partial charge is 0.373 e. The summed E-state index contributed by atoms with van der Waals surface area (Å²) in [5.74, 6) is -2.39. The number of pyridine rings is 3. The van der Waals surface area contributed by atoms with Gasteiger partial charge in [0.05, 0.1) is 52.5 Å². The van der Waals surface area contributed by atoms with E-state index < -0.39 is 24.5 Å². The molecule has 0 fully saturated rings. The molecule has 0 radical (unpaired) electrons. The highest BCUT2D eigenvalue weighted by Gasteiger charge is 2.20. The number of rotatable bonds is 8. The van der Waals surface area contributed by atoms with E-state index in [2.05, 4.69) is 35.9 Å². The summed E-state index contributed by atoms with van der Waals surface area (Å²) in [6.45, 7) is -0.531. The first-order valence-electron chi connectivity index (χ1n) is 11.2. The van der Waals surface area contributed by atoms with E-state index in [1.54, 1.807) is 36.8 Å². The van der Waals surface area contributed by atoms with Crippen molar-refractivity contribution >= 4 is 39.6 Å². The fourth-order valence-corrected chi connectivity index (χ4v) is 4.15. The lowest BCUT2D eigenvalue weighted by atomic mass is 10.0. The lowest BCUT2D eigenvalue weighted by Gasteiger charge is -2.19. The van der Waals surface area contributed by atoms with E-state index in [0.717, 1.165) is 17.8 Å². The molecule has 4 aromatic heterocycles. The number of nitrogens with zero attached hydrogens (tertiary/aromatic N) is 7. The highest BCUT2D eigenvalue weighted by Crippen LogP contribution is 2.36. The molecule has 5 aromatic rings. The predicted octanol–water partition coefficient (Wildman–Crippen LogP) is 5.33. The zero-order valence-corrected chi connectivity index (χ0v) is 20.2. The van der Waals surface area contributed by atoms with Crippen LogP contribution in [0.25, 0.3) is 10.9 Å². The second kappa shape index (κ2) is 10.7. The second-order valence-electron chi connectivity index (χ2n) is 8.09. The van der Waals surface area contributed by atoms with Crippen molar-refractivity contribution in [2.24, 2.45) is 0 Å². The van der Waals surface area contributed by atoms with Crippen LogP contribution < -0.4 is 10.6 Å². The molecule has 0 saturated heterocycles.